The first-order chi connectivity index (χ1) is 9.35. The second kappa shape index (κ2) is 8.80. The number of para-hydroxylation sites is 2. The number of rotatable bonds is 6. The fraction of sp³-hybridized carbons (Fsp3) is 0.111. The van der Waals surface area contributed by atoms with E-state index < -0.39 is 0 Å². The summed E-state index contributed by atoms with van der Waals surface area (Å²) in [7, 11) is 0. The first kappa shape index (κ1) is 16.8. The Morgan fingerprint density at radius 1 is 0.800 bits per heavy atom. The molecule has 2 aromatic carbocycles. The van der Waals surface area contributed by atoms with Gasteiger partial charge >= 0.3 is 29.6 Å². The first-order valence-electron chi connectivity index (χ1n) is 6.40. The minimum absolute atomic E-state index is 0. The largest absolute Gasteiger partial charge is 1.00 e. The summed E-state index contributed by atoms with van der Waals surface area (Å²) in [5.74, 6) is 1.78. The van der Waals surface area contributed by atoms with Gasteiger partial charge in [0.15, 0.2) is 0 Å². The van der Waals surface area contributed by atoms with Crippen molar-refractivity contribution in [1.82, 2.24) is 0 Å². The molecule has 0 spiro atoms. The van der Waals surface area contributed by atoms with Gasteiger partial charge in [-0.2, -0.15) is 0 Å². The Morgan fingerprint density at radius 3 is 1.60 bits per heavy atom. The minimum atomic E-state index is 0. The number of hydrogen-bond acceptors (Lipinski definition) is 1. The molecule has 0 amide bonds. The van der Waals surface area contributed by atoms with Crippen molar-refractivity contribution in [3.05, 3.63) is 85.0 Å². The maximum Gasteiger partial charge on any atom is 1.00 e. The Balaban J connectivity index is 0.00000200. The van der Waals surface area contributed by atoms with E-state index in [0.29, 0.717) is 0 Å². The standard InChI is InChI=1S/C18H18O.Na.H/c1-3-9-15-11-5-7-13-17(15)19-18-14-8-6-12-16(18)10-4-2;;/h3-8,11-14H,1-2,9-10H2;;/q;+1;-1. The van der Waals surface area contributed by atoms with Crippen LogP contribution in [0.15, 0.2) is 73.8 Å². The van der Waals surface area contributed by atoms with E-state index in [9.17, 15) is 0 Å². The second-order valence-electron chi connectivity index (χ2n) is 4.30. The van der Waals surface area contributed by atoms with Crippen molar-refractivity contribution in [2.45, 2.75) is 12.8 Å². The average molecular weight is 274 g/mol. The summed E-state index contributed by atoms with van der Waals surface area (Å²) in [6.45, 7) is 7.56. The summed E-state index contributed by atoms with van der Waals surface area (Å²) in [6.07, 6.45) is 5.38. The van der Waals surface area contributed by atoms with Gasteiger partial charge in [-0.05, 0) is 36.1 Å². The molecule has 0 saturated carbocycles. The topological polar surface area (TPSA) is 9.23 Å². The van der Waals surface area contributed by atoms with Crippen LogP contribution in [0, 0.1) is 0 Å². The SMILES string of the molecule is C=CCc1ccccc1Oc1ccccc1CC=C.[H-].[Na+]. The third kappa shape index (κ3) is 4.38. The molecule has 0 aromatic heterocycles. The van der Waals surface area contributed by atoms with Gasteiger partial charge in [-0.3, -0.25) is 0 Å². The molecule has 0 aliphatic rings. The molecule has 1 nitrogen and oxygen atoms in total. The van der Waals surface area contributed by atoms with Crippen LogP contribution in [0.25, 0.3) is 0 Å². The van der Waals surface area contributed by atoms with Crippen molar-refractivity contribution >= 4 is 0 Å². The van der Waals surface area contributed by atoms with Crippen LogP contribution < -0.4 is 34.3 Å². The van der Waals surface area contributed by atoms with E-state index in [1.807, 2.05) is 48.6 Å². The van der Waals surface area contributed by atoms with Gasteiger partial charge < -0.3 is 6.16 Å². The molecule has 2 aromatic rings. The third-order valence-electron chi connectivity index (χ3n) is 2.89. The van der Waals surface area contributed by atoms with Gasteiger partial charge in [0, 0.05) is 0 Å². The van der Waals surface area contributed by atoms with Crippen molar-refractivity contribution in [3.8, 4) is 11.5 Å². The van der Waals surface area contributed by atoms with Gasteiger partial charge in [-0.25, -0.2) is 0 Å². The molecule has 0 aliphatic heterocycles. The molecule has 0 unspecified atom stereocenters. The Labute approximate surface area is 144 Å². The van der Waals surface area contributed by atoms with Crippen molar-refractivity contribution in [2.24, 2.45) is 0 Å². The molecular formula is C18H19NaO. The van der Waals surface area contributed by atoms with Crippen molar-refractivity contribution in [3.63, 3.8) is 0 Å². The molecule has 0 bridgehead atoms. The molecule has 0 radical (unpaired) electrons. The molecule has 0 atom stereocenters. The van der Waals surface area contributed by atoms with E-state index in [4.69, 9.17) is 4.74 Å². The van der Waals surface area contributed by atoms with Gasteiger partial charge in [-0.15, -0.1) is 13.2 Å². The van der Waals surface area contributed by atoms with Crippen molar-refractivity contribution < 1.29 is 35.7 Å². The van der Waals surface area contributed by atoms with E-state index >= 15 is 0 Å². The minimum Gasteiger partial charge on any atom is -1.00 e. The van der Waals surface area contributed by atoms with E-state index in [0.717, 1.165) is 35.5 Å². The zero-order chi connectivity index (χ0) is 13.5. The Kier molecular flexibility index (Phi) is 7.38. The molecule has 0 saturated heterocycles. The summed E-state index contributed by atoms with van der Waals surface area (Å²) in [5.41, 5.74) is 2.29. The van der Waals surface area contributed by atoms with Crippen molar-refractivity contribution in [1.29, 1.82) is 0 Å². The number of benzene rings is 2. The van der Waals surface area contributed by atoms with Gasteiger partial charge in [0.2, 0.25) is 0 Å². The molecular weight excluding hydrogens is 255 g/mol. The van der Waals surface area contributed by atoms with Crippen LogP contribution in [0.2, 0.25) is 0 Å². The van der Waals surface area contributed by atoms with Crippen LogP contribution in [0.1, 0.15) is 12.6 Å². The monoisotopic (exact) mass is 274 g/mol. The maximum absolute atomic E-state index is 6.05. The number of ether oxygens (including phenoxy) is 1. The zero-order valence-corrected chi connectivity index (χ0v) is 14.0. The van der Waals surface area contributed by atoms with E-state index in [-0.39, 0.29) is 31.0 Å². The summed E-state index contributed by atoms with van der Waals surface area (Å²) in [4.78, 5) is 0. The normalized spacial score (nSPS) is 9.40. The van der Waals surface area contributed by atoms with Gasteiger partial charge in [0.05, 0.1) is 0 Å². The molecule has 2 heteroatoms. The summed E-state index contributed by atoms with van der Waals surface area (Å²) >= 11 is 0. The fourth-order valence-electron chi connectivity index (χ4n) is 1.97. The molecule has 0 N–H and O–H groups in total. The molecule has 98 valence electrons. The number of allylic oxidation sites excluding steroid dienone is 2. The second-order valence-corrected chi connectivity index (χ2v) is 4.30. The summed E-state index contributed by atoms with van der Waals surface area (Å²) in [5, 5.41) is 0. The molecule has 0 heterocycles. The zero-order valence-electron chi connectivity index (χ0n) is 13.0. The van der Waals surface area contributed by atoms with E-state index in [1.54, 1.807) is 0 Å². The van der Waals surface area contributed by atoms with Crippen molar-refractivity contribution in [2.75, 3.05) is 0 Å². The number of hydrogen-bond donors (Lipinski definition) is 0. The van der Waals surface area contributed by atoms with Crippen LogP contribution >= 0.6 is 0 Å². The Morgan fingerprint density at radius 2 is 1.20 bits per heavy atom. The third-order valence-corrected chi connectivity index (χ3v) is 2.89. The molecule has 20 heavy (non-hydrogen) atoms. The van der Waals surface area contributed by atoms with Crippen LogP contribution in [-0.4, -0.2) is 0 Å². The van der Waals surface area contributed by atoms with E-state index in [1.165, 1.54) is 0 Å². The van der Waals surface area contributed by atoms with E-state index in [2.05, 4.69) is 25.3 Å². The summed E-state index contributed by atoms with van der Waals surface area (Å²) in [6, 6.07) is 16.1. The van der Waals surface area contributed by atoms with Crippen LogP contribution in [0.5, 0.6) is 11.5 Å². The maximum atomic E-state index is 6.05. The van der Waals surface area contributed by atoms with Gasteiger partial charge in [0.25, 0.3) is 0 Å². The van der Waals surface area contributed by atoms with Crippen LogP contribution in [0.4, 0.5) is 0 Å². The Bertz CT molecular complexity index is 529. The van der Waals surface area contributed by atoms with Gasteiger partial charge in [-0.1, -0.05) is 48.6 Å². The summed E-state index contributed by atoms with van der Waals surface area (Å²) < 4.78 is 6.05. The average Bonchev–Trinajstić information content (AvgIpc) is 2.44. The quantitative estimate of drug-likeness (QED) is 0.579. The smallest absolute Gasteiger partial charge is 1.00 e. The predicted octanol–water partition coefficient (Wildman–Crippen LogP) is 2.05. The molecule has 0 fully saturated rings. The molecule has 0 aliphatic carbocycles. The molecule has 2 rings (SSSR count). The van der Waals surface area contributed by atoms with Gasteiger partial charge in [0.1, 0.15) is 11.5 Å². The Hall–Kier alpha value is -1.28. The predicted molar refractivity (Wildman–Crippen MR) is 81.9 cm³/mol. The van der Waals surface area contributed by atoms with Crippen LogP contribution in [-0.2, 0) is 12.8 Å². The van der Waals surface area contributed by atoms with Crippen LogP contribution in [0.3, 0.4) is 0 Å². The first-order valence-corrected chi connectivity index (χ1v) is 6.40. The fourth-order valence-corrected chi connectivity index (χ4v) is 1.97.